The van der Waals surface area contributed by atoms with Crippen LogP contribution >= 0.6 is 0 Å². The molecule has 0 saturated heterocycles. The number of allylic oxidation sites excluding steroid dienone is 8. The normalized spacial score (nSPS) is 12.5. The van der Waals surface area contributed by atoms with Crippen LogP contribution in [-0.2, 0) is 19.1 Å². The van der Waals surface area contributed by atoms with Gasteiger partial charge >= 0.3 is 11.9 Å². The van der Waals surface area contributed by atoms with E-state index in [4.69, 9.17) is 9.47 Å². The standard InChI is InChI=1S/C26H42O4/c1-5-8-9-10-11-12-13-14-15-16-17-18-19-20-21-22-23-26(4,24(27)29-6-2)25(28)30-7-3/h11-12,14-15,17-18,20-21H,5-10,13,16,19,22-23H2,1-4H3/b12-11-,15-14-,18-17-,21-20-. The van der Waals surface area contributed by atoms with Crippen molar-refractivity contribution in [3.05, 3.63) is 48.6 Å². The average Bonchev–Trinajstić information content (AvgIpc) is 2.73. The van der Waals surface area contributed by atoms with Crippen LogP contribution in [0, 0.1) is 5.41 Å². The number of carbonyl (C=O) groups excluding carboxylic acids is 2. The predicted molar refractivity (Wildman–Crippen MR) is 125 cm³/mol. The quantitative estimate of drug-likeness (QED) is 0.112. The van der Waals surface area contributed by atoms with Crippen LogP contribution in [0.5, 0.6) is 0 Å². The molecule has 0 spiro atoms. The lowest BCUT2D eigenvalue weighted by Crippen LogP contribution is -2.39. The van der Waals surface area contributed by atoms with E-state index in [0.717, 1.165) is 19.3 Å². The summed E-state index contributed by atoms with van der Waals surface area (Å²) in [6.07, 6.45) is 26.0. The number of hydrogen-bond donors (Lipinski definition) is 0. The largest absolute Gasteiger partial charge is 0.465 e. The molecule has 0 atom stereocenters. The van der Waals surface area contributed by atoms with Gasteiger partial charge in [0.15, 0.2) is 5.41 Å². The highest BCUT2D eigenvalue weighted by atomic mass is 16.6. The minimum atomic E-state index is -1.25. The van der Waals surface area contributed by atoms with Crippen molar-refractivity contribution in [2.45, 2.75) is 85.5 Å². The summed E-state index contributed by atoms with van der Waals surface area (Å²) < 4.78 is 10.1. The Morgan fingerprint density at radius 3 is 1.53 bits per heavy atom. The molecule has 4 nitrogen and oxygen atoms in total. The van der Waals surface area contributed by atoms with Crippen LogP contribution in [0.1, 0.15) is 85.5 Å². The number of esters is 2. The molecule has 0 aromatic heterocycles. The van der Waals surface area contributed by atoms with E-state index in [0.29, 0.717) is 12.8 Å². The molecule has 0 aliphatic carbocycles. The Bertz CT molecular complexity index is 552. The van der Waals surface area contributed by atoms with E-state index in [-0.39, 0.29) is 13.2 Å². The van der Waals surface area contributed by atoms with Crippen molar-refractivity contribution in [2.75, 3.05) is 13.2 Å². The molecule has 0 aromatic rings. The molecule has 0 fully saturated rings. The number of unbranched alkanes of at least 4 members (excludes halogenated alkanes) is 3. The molecule has 0 rings (SSSR count). The monoisotopic (exact) mass is 418 g/mol. The maximum Gasteiger partial charge on any atom is 0.323 e. The molecule has 0 aliphatic rings. The van der Waals surface area contributed by atoms with Crippen LogP contribution in [0.3, 0.4) is 0 Å². The van der Waals surface area contributed by atoms with Crippen LogP contribution in [0.25, 0.3) is 0 Å². The van der Waals surface area contributed by atoms with E-state index < -0.39 is 17.4 Å². The van der Waals surface area contributed by atoms with Gasteiger partial charge in [-0.1, -0.05) is 68.4 Å². The number of hydrogen-bond acceptors (Lipinski definition) is 4. The zero-order chi connectivity index (χ0) is 22.5. The van der Waals surface area contributed by atoms with Crippen molar-refractivity contribution in [1.29, 1.82) is 0 Å². The summed E-state index contributed by atoms with van der Waals surface area (Å²) in [6.45, 7) is 7.79. The Kier molecular flexibility index (Phi) is 17.6. The highest BCUT2D eigenvalue weighted by Crippen LogP contribution is 2.27. The predicted octanol–water partition coefficient (Wildman–Crippen LogP) is 6.87. The molecule has 0 saturated carbocycles. The third-order valence-electron chi connectivity index (χ3n) is 4.72. The Labute approximate surface area is 184 Å². The van der Waals surface area contributed by atoms with Gasteiger partial charge in [0.1, 0.15) is 0 Å². The molecular formula is C26H42O4. The third-order valence-corrected chi connectivity index (χ3v) is 4.72. The van der Waals surface area contributed by atoms with E-state index in [1.54, 1.807) is 20.8 Å². The second-order valence-corrected chi connectivity index (χ2v) is 7.40. The summed E-state index contributed by atoms with van der Waals surface area (Å²) in [4.78, 5) is 24.4. The molecule has 0 unspecified atom stereocenters. The topological polar surface area (TPSA) is 52.6 Å². The van der Waals surface area contributed by atoms with Gasteiger partial charge in [0.2, 0.25) is 0 Å². The van der Waals surface area contributed by atoms with Gasteiger partial charge in [-0.15, -0.1) is 0 Å². The summed E-state index contributed by atoms with van der Waals surface area (Å²) in [7, 11) is 0. The third kappa shape index (κ3) is 13.2. The lowest BCUT2D eigenvalue weighted by molar-refractivity contribution is -0.171. The molecule has 4 heteroatoms. The Morgan fingerprint density at radius 1 is 0.667 bits per heavy atom. The molecular weight excluding hydrogens is 376 g/mol. The maximum absolute atomic E-state index is 12.2. The molecule has 0 bridgehead atoms. The summed E-state index contributed by atoms with van der Waals surface area (Å²) in [6, 6.07) is 0. The van der Waals surface area contributed by atoms with Crippen LogP contribution in [0.2, 0.25) is 0 Å². The smallest absolute Gasteiger partial charge is 0.323 e. The van der Waals surface area contributed by atoms with Crippen LogP contribution < -0.4 is 0 Å². The van der Waals surface area contributed by atoms with Crippen molar-refractivity contribution in [3.8, 4) is 0 Å². The first kappa shape index (κ1) is 27.9. The van der Waals surface area contributed by atoms with Gasteiger partial charge in [-0.2, -0.15) is 0 Å². The van der Waals surface area contributed by atoms with Crippen LogP contribution in [0.15, 0.2) is 48.6 Å². The fraction of sp³-hybridized carbons (Fsp3) is 0.615. The average molecular weight is 419 g/mol. The van der Waals surface area contributed by atoms with E-state index >= 15 is 0 Å². The van der Waals surface area contributed by atoms with Crippen molar-refractivity contribution in [2.24, 2.45) is 5.41 Å². The first-order valence-electron chi connectivity index (χ1n) is 11.5. The number of ether oxygens (including phenoxy) is 2. The van der Waals surface area contributed by atoms with Gasteiger partial charge in [-0.05, 0) is 65.7 Å². The second kappa shape index (κ2) is 18.9. The second-order valence-electron chi connectivity index (χ2n) is 7.40. The van der Waals surface area contributed by atoms with Crippen LogP contribution in [0.4, 0.5) is 0 Å². The fourth-order valence-electron chi connectivity index (χ4n) is 2.80. The van der Waals surface area contributed by atoms with Gasteiger partial charge in [0.25, 0.3) is 0 Å². The zero-order valence-electron chi connectivity index (χ0n) is 19.5. The highest BCUT2D eigenvalue weighted by molar-refractivity contribution is 5.99. The molecule has 0 aliphatic heterocycles. The van der Waals surface area contributed by atoms with Crippen LogP contribution in [-0.4, -0.2) is 25.2 Å². The number of rotatable bonds is 17. The molecule has 0 radical (unpaired) electrons. The Balaban J connectivity index is 4.13. The van der Waals surface area contributed by atoms with Gasteiger partial charge in [-0.25, -0.2) is 0 Å². The lowest BCUT2D eigenvalue weighted by Gasteiger charge is -2.24. The van der Waals surface area contributed by atoms with E-state index in [9.17, 15) is 9.59 Å². The molecule has 0 amide bonds. The van der Waals surface area contributed by atoms with Gasteiger partial charge in [0.05, 0.1) is 13.2 Å². The number of carbonyl (C=O) groups is 2. The fourth-order valence-corrected chi connectivity index (χ4v) is 2.80. The Morgan fingerprint density at radius 2 is 1.10 bits per heavy atom. The molecule has 0 N–H and O–H groups in total. The first-order valence-corrected chi connectivity index (χ1v) is 11.5. The zero-order valence-corrected chi connectivity index (χ0v) is 19.5. The summed E-state index contributed by atoms with van der Waals surface area (Å²) >= 11 is 0. The van der Waals surface area contributed by atoms with Gasteiger partial charge < -0.3 is 9.47 Å². The van der Waals surface area contributed by atoms with E-state index in [1.165, 1.54) is 25.7 Å². The lowest BCUT2D eigenvalue weighted by atomic mass is 9.85. The van der Waals surface area contributed by atoms with E-state index in [2.05, 4.69) is 49.5 Å². The maximum atomic E-state index is 12.2. The minimum absolute atomic E-state index is 0.248. The first-order chi connectivity index (χ1) is 14.5. The molecule has 30 heavy (non-hydrogen) atoms. The minimum Gasteiger partial charge on any atom is -0.465 e. The van der Waals surface area contributed by atoms with Crippen molar-refractivity contribution in [1.82, 2.24) is 0 Å². The highest BCUT2D eigenvalue weighted by Gasteiger charge is 2.43. The summed E-state index contributed by atoms with van der Waals surface area (Å²) in [5, 5.41) is 0. The summed E-state index contributed by atoms with van der Waals surface area (Å²) in [5.74, 6) is -1.03. The van der Waals surface area contributed by atoms with Crippen molar-refractivity contribution >= 4 is 11.9 Å². The molecule has 0 aromatic carbocycles. The van der Waals surface area contributed by atoms with E-state index in [1.807, 2.05) is 6.08 Å². The summed E-state index contributed by atoms with van der Waals surface area (Å²) in [5.41, 5.74) is -1.25. The molecule has 0 heterocycles. The SMILES string of the molecule is CCCCC/C=C\C/C=C\C/C=C\C/C=C\CCC(C)(C(=O)OCC)C(=O)OCC. The van der Waals surface area contributed by atoms with Gasteiger partial charge in [0, 0.05) is 0 Å². The Hall–Kier alpha value is -2.10. The van der Waals surface area contributed by atoms with Crippen molar-refractivity contribution in [3.63, 3.8) is 0 Å². The van der Waals surface area contributed by atoms with Crippen molar-refractivity contribution < 1.29 is 19.1 Å². The van der Waals surface area contributed by atoms with Gasteiger partial charge in [-0.3, -0.25) is 9.59 Å². The molecule has 170 valence electrons.